The molecule has 0 amide bonds. The predicted molar refractivity (Wildman–Crippen MR) is 93.0 cm³/mol. The van der Waals surface area contributed by atoms with E-state index < -0.39 is 3.79 Å². The van der Waals surface area contributed by atoms with Crippen molar-refractivity contribution in [2.45, 2.75) is 94.2 Å². The zero-order valence-electron chi connectivity index (χ0n) is 13.0. The van der Waals surface area contributed by atoms with Gasteiger partial charge in [0.1, 0.15) is 0 Å². The van der Waals surface area contributed by atoms with Crippen molar-refractivity contribution >= 4 is 34.8 Å². The van der Waals surface area contributed by atoms with E-state index in [0.29, 0.717) is 0 Å². The molecule has 1 fully saturated rings. The topological polar surface area (TPSA) is 0 Å². The predicted octanol–water partition coefficient (Wildman–Crippen LogP) is 7.69. The molecule has 20 heavy (non-hydrogen) atoms. The molecule has 120 valence electrons. The fourth-order valence-corrected chi connectivity index (χ4v) is 4.01. The summed E-state index contributed by atoms with van der Waals surface area (Å²) in [5, 5.41) is 0. The Bertz CT molecular complexity index is 229. The van der Waals surface area contributed by atoms with Crippen LogP contribution in [0.1, 0.15) is 90.4 Å². The van der Waals surface area contributed by atoms with Gasteiger partial charge in [0.15, 0.2) is 3.79 Å². The SMILES string of the molecule is CCCCCCCCC(CC1CCCCC1)C(Cl)(Cl)Cl. The van der Waals surface area contributed by atoms with Crippen LogP contribution in [0.15, 0.2) is 0 Å². The average Bonchev–Trinajstić information content (AvgIpc) is 2.41. The normalized spacial score (nSPS) is 19.2. The second-order valence-electron chi connectivity index (χ2n) is 6.53. The van der Waals surface area contributed by atoms with Crippen LogP contribution in [0.3, 0.4) is 0 Å². The van der Waals surface area contributed by atoms with Gasteiger partial charge in [-0.3, -0.25) is 0 Å². The fraction of sp³-hybridized carbons (Fsp3) is 1.00. The zero-order chi connectivity index (χ0) is 14.8. The van der Waals surface area contributed by atoms with Gasteiger partial charge in [-0.2, -0.15) is 0 Å². The van der Waals surface area contributed by atoms with Gasteiger partial charge in [-0.1, -0.05) is 112 Å². The third kappa shape index (κ3) is 8.35. The van der Waals surface area contributed by atoms with Crippen LogP contribution in [0.2, 0.25) is 0 Å². The number of hydrogen-bond acceptors (Lipinski definition) is 0. The monoisotopic (exact) mass is 340 g/mol. The average molecular weight is 342 g/mol. The molecule has 1 rings (SSSR count). The standard InChI is InChI=1S/C17H31Cl3/c1-2-3-4-5-6-10-13-16(17(18,19)20)14-15-11-8-7-9-12-15/h15-16H,2-14H2,1H3. The van der Waals surface area contributed by atoms with Crippen LogP contribution in [-0.2, 0) is 0 Å². The van der Waals surface area contributed by atoms with Gasteiger partial charge >= 0.3 is 0 Å². The number of halogens is 3. The lowest BCUT2D eigenvalue weighted by atomic mass is 9.81. The summed E-state index contributed by atoms with van der Waals surface area (Å²) in [6.45, 7) is 2.25. The quantitative estimate of drug-likeness (QED) is 0.298. The van der Waals surface area contributed by atoms with Crippen molar-refractivity contribution in [2.24, 2.45) is 11.8 Å². The summed E-state index contributed by atoms with van der Waals surface area (Å²) in [6, 6.07) is 0. The first-order chi connectivity index (χ1) is 9.54. The van der Waals surface area contributed by atoms with Crippen LogP contribution in [-0.4, -0.2) is 3.79 Å². The summed E-state index contributed by atoms with van der Waals surface area (Å²) >= 11 is 18.6. The molecule has 1 atom stereocenters. The van der Waals surface area contributed by atoms with E-state index in [1.54, 1.807) is 0 Å². The molecule has 1 aliphatic rings. The Morgan fingerprint density at radius 3 is 2.10 bits per heavy atom. The Hall–Kier alpha value is 0.870. The highest BCUT2D eigenvalue weighted by atomic mass is 35.6. The van der Waals surface area contributed by atoms with Gasteiger partial charge in [-0.15, -0.1) is 0 Å². The van der Waals surface area contributed by atoms with Crippen molar-refractivity contribution in [3.05, 3.63) is 0 Å². The molecule has 0 spiro atoms. The number of rotatable bonds is 9. The Morgan fingerprint density at radius 1 is 0.900 bits per heavy atom. The van der Waals surface area contributed by atoms with E-state index in [0.717, 1.165) is 18.8 Å². The lowest BCUT2D eigenvalue weighted by molar-refractivity contribution is 0.276. The van der Waals surface area contributed by atoms with Crippen LogP contribution >= 0.6 is 34.8 Å². The van der Waals surface area contributed by atoms with Gasteiger partial charge in [0, 0.05) is 5.92 Å². The molecule has 0 aliphatic heterocycles. The zero-order valence-corrected chi connectivity index (χ0v) is 15.2. The Morgan fingerprint density at radius 2 is 1.50 bits per heavy atom. The van der Waals surface area contributed by atoms with Gasteiger partial charge in [0.2, 0.25) is 0 Å². The second kappa shape index (κ2) is 10.6. The number of alkyl halides is 3. The molecule has 0 aromatic rings. The lowest BCUT2D eigenvalue weighted by Crippen LogP contribution is -2.23. The van der Waals surface area contributed by atoms with Crippen LogP contribution in [0.5, 0.6) is 0 Å². The molecule has 1 unspecified atom stereocenters. The minimum atomic E-state index is -1.07. The lowest BCUT2D eigenvalue weighted by Gasteiger charge is -2.30. The molecular weight excluding hydrogens is 311 g/mol. The Kier molecular flexibility index (Phi) is 10.00. The van der Waals surface area contributed by atoms with E-state index in [4.69, 9.17) is 34.8 Å². The van der Waals surface area contributed by atoms with Crippen LogP contribution < -0.4 is 0 Å². The van der Waals surface area contributed by atoms with E-state index in [-0.39, 0.29) is 5.92 Å². The molecule has 0 bridgehead atoms. The molecule has 0 heterocycles. The first kappa shape index (κ1) is 18.9. The van der Waals surface area contributed by atoms with Crippen LogP contribution in [0.25, 0.3) is 0 Å². The summed E-state index contributed by atoms with van der Waals surface area (Å²) in [5.74, 6) is 1.05. The van der Waals surface area contributed by atoms with Crippen molar-refractivity contribution in [3.63, 3.8) is 0 Å². The largest absolute Gasteiger partial charge is 0.193 e. The maximum atomic E-state index is 6.21. The summed E-state index contributed by atoms with van der Waals surface area (Å²) in [6.07, 6.45) is 16.9. The smallest absolute Gasteiger partial charge is 0.0834 e. The Labute approximate surface area is 140 Å². The fourth-order valence-electron chi connectivity index (χ4n) is 3.41. The maximum Gasteiger partial charge on any atom is 0.193 e. The first-order valence-corrected chi connectivity index (χ1v) is 9.74. The minimum absolute atomic E-state index is 0.252. The van der Waals surface area contributed by atoms with Gasteiger partial charge in [0.25, 0.3) is 0 Å². The van der Waals surface area contributed by atoms with Crippen molar-refractivity contribution in [2.75, 3.05) is 0 Å². The molecule has 1 aliphatic carbocycles. The molecule has 0 saturated heterocycles. The third-order valence-corrected chi connectivity index (χ3v) is 5.64. The first-order valence-electron chi connectivity index (χ1n) is 8.60. The van der Waals surface area contributed by atoms with Crippen molar-refractivity contribution in [1.29, 1.82) is 0 Å². The minimum Gasteiger partial charge on any atom is -0.0834 e. The van der Waals surface area contributed by atoms with E-state index in [9.17, 15) is 0 Å². The molecule has 0 nitrogen and oxygen atoms in total. The van der Waals surface area contributed by atoms with E-state index in [1.165, 1.54) is 70.6 Å². The Balaban J connectivity index is 2.25. The van der Waals surface area contributed by atoms with Gasteiger partial charge < -0.3 is 0 Å². The van der Waals surface area contributed by atoms with Gasteiger partial charge in [-0.05, 0) is 18.8 Å². The third-order valence-electron chi connectivity index (χ3n) is 4.71. The highest BCUT2D eigenvalue weighted by Crippen LogP contribution is 2.43. The summed E-state index contributed by atoms with van der Waals surface area (Å²) in [5.41, 5.74) is 0. The van der Waals surface area contributed by atoms with Crippen molar-refractivity contribution in [3.8, 4) is 0 Å². The molecule has 3 heteroatoms. The summed E-state index contributed by atoms with van der Waals surface area (Å²) in [7, 11) is 0. The molecule has 0 aromatic carbocycles. The number of hydrogen-bond donors (Lipinski definition) is 0. The molecule has 0 radical (unpaired) electrons. The van der Waals surface area contributed by atoms with Crippen LogP contribution in [0.4, 0.5) is 0 Å². The maximum absolute atomic E-state index is 6.21. The van der Waals surface area contributed by atoms with Gasteiger partial charge in [0.05, 0.1) is 0 Å². The van der Waals surface area contributed by atoms with E-state index in [2.05, 4.69) is 6.92 Å². The molecule has 1 saturated carbocycles. The van der Waals surface area contributed by atoms with E-state index in [1.807, 2.05) is 0 Å². The van der Waals surface area contributed by atoms with E-state index >= 15 is 0 Å². The molecule has 0 N–H and O–H groups in total. The van der Waals surface area contributed by atoms with Crippen LogP contribution in [0, 0.1) is 11.8 Å². The molecular formula is C17H31Cl3. The van der Waals surface area contributed by atoms with Crippen molar-refractivity contribution < 1.29 is 0 Å². The summed E-state index contributed by atoms with van der Waals surface area (Å²) in [4.78, 5) is 0. The number of unbranched alkanes of at least 4 members (excludes halogenated alkanes) is 5. The highest BCUT2D eigenvalue weighted by Gasteiger charge is 2.33. The van der Waals surface area contributed by atoms with Gasteiger partial charge in [-0.25, -0.2) is 0 Å². The molecule has 0 aromatic heterocycles. The summed E-state index contributed by atoms with van der Waals surface area (Å²) < 4.78 is -1.07. The second-order valence-corrected chi connectivity index (χ2v) is 8.90. The highest BCUT2D eigenvalue weighted by molar-refractivity contribution is 6.67. The van der Waals surface area contributed by atoms with Crippen molar-refractivity contribution in [1.82, 2.24) is 0 Å².